The number of tetrazole rings is 1. The number of nitrogens with one attached hydrogen (secondary N) is 1. The van der Waals surface area contributed by atoms with Crippen LogP contribution >= 0.6 is 24.0 Å². The number of rotatable bonds is 5. The highest BCUT2D eigenvalue weighted by molar-refractivity contribution is 14.0. The van der Waals surface area contributed by atoms with Crippen LogP contribution in [0.5, 0.6) is 0 Å². The van der Waals surface area contributed by atoms with E-state index in [1.807, 2.05) is 35.0 Å². The van der Waals surface area contributed by atoms with Gasteiger partial charge in [0, 0.05) is 12.2 Å². The second kappa shape index (κ2) is 7.34. The van der Waals surface area contributed by atoms with Crippen molar-refractivity contribution >= 4 is 35.6 Å². The molecule has 1 aliphatic rings. The van der Waals surface area contributed by atoms with Crippen LogP contribution < -0.4 is 11.1 Å². The lowest BCUT2D eigenvalue weighted by atomic mass is 10.3. The fraction of sp³-hybridized carbons (Fsp3) is 0.385. The van der Waals surface area contributed by atoms with Crippen LogP contribution in [0.25, 0.3) is 0 Å². The second-order valence-electron chi connectivity index (χ2n) is 4.91. The molecule has 1 aromatic carbocycles. The average Bonchev–Trinajstić information content (AvgIpc) is 3.16. The fourth-order valence-corrected chi connectivity index (χ4v) is 1.89. The number of hydrogen-bond acceptors (Lipinski definition) is 4. The van der Waals surface area contributed by atoms with E-state index in [9.17, 15) is 0 Å². The van der Waals surface area contributed by atoms with Gasteiger partial charge in [-0.05, 0) is 41.3 Å². The van der Waals surface area contributed by atoms with Crippen molar-refractivity contribution in [2.45, 2.75) is 25.9 Å². The molecule has 0 saturated heterocycles. The predicted molar refractivity (Wildman–Crippen MR) is 91.3 cm³/mol. The Kier molecular flexibility index (Phi) is 5.48. The number of para-hydroxylation sites is 1. The summed E-state index contributed by atoms with van der Waals surface area (Å²) in [5, 5.41) is 14.7. The summed E-state index contributed by atoms with van der Waals surface area (Å²) in [6.45, 7) is 1.26. The molecule has 0 atom stereocenters. The molecule has 3 rings (SSSR count). The molecule has 0 unspecified atom stereocenters. The van der Waals surface area contributed by atoms with E-state index in [0.29, 0.717) is 12.5 Å². The molecule has 0 aliphatic heterocycles. The number of nitrogens with two attached hydrogens (primary N) is 1. The van der Waals surface area contributed by atoms with Crippen molar-refractivity contribution in [1.29, 1.82) is 0 Å². The maximum Gasteiger partial charge on any atom is 0.193 e. The SMILES string of the molecule is I.NC(=NCc1nnnn1CC1CC1)Nc1ccccc1. The van der Waals surface area contributed by atoms with Crippen LogP contribution in [0.3, 0.4) is 0 Å². The molecule has 1 aliphatic carbocycles. The highest BCUT2D eigenvalue weighted by atomic mass is 127. The molecule has 1 fully saturated rings. The topological polar surface area (TPSA) is 94.0 Å². The van der Waals surface area contributed by atoms with Gasteiger partial charge >= 0.3 is 0 Å². The minimum atomic E-state index is 0. The molecule has 0 bridgehead atoms. The van der Waals surface area contributed by atoms with Crippen LogP contribution in [-0.4, -0.2) is 26.2 Å². The van der Waals surface area contributed by atoms with E-state index >= 15 is 0 Å². The van der Waals surface area contributed by atoms with Gasteiger partial charge in [-0.3, -0.25) is 0 Å². The Bertz CT molecular complexity index is 592. The summed E-state index contributed by atoms with van der Waals surface area (Å²) in [5.41, 5.74) is 6.76. The van der Waals surface area contributed by atoms with Crippen molar-refractivity contribution in [3.8, 4) is 0 Å². The summed E-state index contributed by atoms with van der Waals surface area (Å²) in [6.07, 6.45) is 2.53. The van der Waals surface area contributed by atoms with E-state index in [1.54, 1.807) is 0 Å². The molecule has 7 nitrogen and oxygen atoms in total. The summed E-state index contributed by atoms with van der Waals surface area (Å²) in [4.78, 5) is 4.27. The zero-order chi connectivity index (χ0) is 13.8. The van der Waals surface area contributed by atoms with E-state index in [1.165, 1.54) is 12.8 Å². The monoisotopic (exact) mass is 399 g/mol. The third-order valence-corrected chi connectivity index (χ3v) is 3.17. The summed E-state index contributed by atoms with van der Waals surface area (Å²) < 4.78 is 1.82. The first-order valence-corrected chi connectivity index (χ1v) is 6.68. The molecule has 1 aromatic heterocycles. The number of nitrogens with zero attached hydrogens (tertiary/aromatic N) is 5. The Hall–Kier alpha value is -1.71. The van der Waals surface area contributed by atoms with E-state index < -0.39 is 0 Å². The van der Waals surface area contributed by atoms with Gasteiger partial charge < -0.3 is 11.1 Å². The van der Waals surface area contributed by atoms with Crippen molar-refractivity contribution in [1.82, 2.24) is 20.2 Å². The third kappa shape index (κ3) is 4.66. The highest BCUT2D eigenvalue weighted by Gasteiger charge is 2.23. The van der Waals surface area contributed by atoms with E-state index in [2.05, 4.69) is 25.8 Å². The number of halogens is 1. The molecule has 0 radical (unpaired) electrons. The van der Waals surface area contributed by atoms with Gasteiger partial charge in [-0.15, -0.1) is 29.1 Å². The maximum atomic E-state index is 5.85. The maximum absolute atomic E-state index is 5.85. The Balaban J connectivity index is 0.00000161. The lowest BCUT2D eigenvalue weighted by molar-refractivity contribution is 0.524. The third-order valence-electron chi connectivity index (χ3n) is 3.17. The van der Waals surface area contributed by atoms with Gasteiger partial charge in [0.1, 0.15) is 6.54 Å². The standard InChI is InChI=1S/C13H17N7.HI/c14-13(16-11-4-2-1-3-5-11)15-8-12-17-18-19-20(12)9-10-6-7-10;/h1-5,10H,6-9H2,(H3,14,15,16);1H. The summed E-state index contributed by atoms with van der Waals surface area (Å²) in [7, 11) is 0. The van der Waals surface area contributed by atoms with Gasteiger partial charge in [0.2, 0.25) is 0 Å². The number of guanidine groups is 1. The van der Waals surface area contributed by atoms with Crippen molar-refractivity contribution in [2.24, 2.45) is 16.6 Å². The van der Waals surface area contributed by atoms with Crippen molar-refractivity contribution in [3.63, 3.8) is 0 Å². The highest BCUT2D eigenvalue weighted by Crippen LogP contribution is 2.30. The lowest BCUT2D eigenvalue weighted by Gasteiger charge is -2.05. The zero-order valence-electron chi connectivity index (χ0n) is 11.5. The first kappa shape index (κ1) is 15.7. The van der Waals surface area contributed by atoms with Crippen LogP contribution in [0.1, 0.15) is 18.7 Å². The molecule has 1 saturated carbocycles. The van der Waals surface area contributed by atoms with Gasteiger partial charge in [0.05, 0.1) is 0 Å². The molecule has 8 heteroatoms. The molecule has 2 aromatic rings. The van der Waals surface area contributed by atoms with Gasteiger partial charge in [-0.2, -0.15) is 0 Å². The van der Waals surface area contributed by atoms with Crippen molar-refractivity contribution in [2.75, 3.05) is 5.32 Å². The summed E-state index contributed by atoms with van der Waals surface area (Å²) >= 11 is 0. The Morgan fingerprint density at radius 3 is 2.81 bits per heavy atom. The normalized spacial score (nSPS) is 14.6. The smallest absolute Gasteiger partial charge is 0.193 e. The summed E-state index contributed by atoms with van der Waals surface area (Å²) in [6, 6.07) is 9.68. The lowest BCUT2D eigenvalue weighted by Crippen LogP contribution is -2.22. The average molecular weight is 399 g/mol. The van der Waals surface area contributed by atoms with Crippen LogP contribution in [0, 0.1) is 5.92 Å². The van der Waals surface area contributed by atoms with E-state index in [0.717, 1.165) is 24.0 Å². The van der Waals surface area contributed by atoms with Gasteiger partial charge in [0.15, 0.2) is 11.8 Å². The quantitative estimate of drug-likeness (QED) is 0.453. The van der Waals surface area contributed by atoms with Gasteiger partial charge in [-0.25, -0.2) is 9.67 Å². The summed E-state index contributed by atoms with van der Waals surface area (Å²) in [5.74, 6) is 1.83. The second-order valence-corrected chi connectivity index (χ2v) is 4.91. The van der Waals surface area contributed by atoms with Crippen molar-refractivity contribution in [3.05, 3.63) is 36.2 Å². The molecule has 1 heterocycles. The minimum absolute atomic E-state index is 0. The number of anilines is 1. The largest absolute Gasteiger partial charge is 0.370 e. The first-order chi connectivity index (χ1) is 9.81. The predicted octanol–water partition coefficient (Wildman–Crippen LogP) is 1.63. The molecule has 3 N–H and O–H groups in total. The molecule has 21 heavy (non-hydrogen) atoms. The van der Waals surface area contributed by atoms with Crippen LogP contribution in [0.4, 0.5) is 5.69 Å². The molecule has 0 amide bonds. The molecule has 0 spiro atoms. The first-order valence-electron chi connectivity index (χ1n) is 6.68. The Morgan fingerprint density at radius 2 is 2.10 bits per heavy atom. The van der Waals surface area contributed by atoms with E-state index in [4.69, 9.17) is 5.73 Å². The fourth-order valence-electron chi connectivity index (χ4n) is 1.89. The minimum Gasteiger partial charge on any atom is -0.370 e. The Labute approximate surface area is 140 Å². The zero-order valence-corrected chi connectivity index (χ0v) is 13.8. The number of aromatic nitrogens is 4. The Morgan fingerprint density at radius 1 is 1.33 bits per heavy atom. The van der Waals surface area contributed by atoms with Crippen LogP contribution in [0.2, 0.25) is 0 Å². The van der Waals surface area contributed by atoms with E-state index in [-0.39, 0.29) is 24.0 Å². The van der Waals surface area contributed by atoms with Gasteiger partial charge in [0.25, 0.3) is 0 Å². The molecule has 112 valence electrons. The number of aliphatic imine (C=N–C) groups is 1. The van der Waals surface area contributed by atoms with Crippen molar-refractivity contribution < 1.29 is 0 Å². The van der Waals surface area contributed by atoms with Gasteiger partial charge in [-0.1, -0.05) is 18.2 Å². The molecular weight excluding hydrogens is 381 g/mol. The van der Waals surface area contributed by atoms with Crippen LogP contribution in [0.15, 0.2) is 35.3 Å². The number of benzene rings is 1. The molecular formula is C13H18IN7. The number of hydrogen-bond donors (Lipinski definition) is 2. The van der Waals surface area contributed by atoms with Crippen LogP contribution in [-0.2, 0) is 13.1 Å².